The molecule has 0 fully saturated rings. The van der Waals surface area contributed by atoms with Gasteiger partial charge in [-0.3, -0.25) is 0 Å². The van der Waals surface area contributed by atoms with Gasteiger partial charge in [-0.1, -0.05) is 63.0 Å². The van der Waals surface area contributed by atoms with E-state index in [2.05, 4.69) is 50.3 Å². The van der Waals surface area contributed by atoms with E-state index in [1.165, 1.54) is 59.6 Å². The highest BCUT2D eigenvalue weighted by Gasteiger charge is 2.22. The van der Waals surface area contributed by atoms with Crippen LogP contribution in [-0.4, -0.2) is 4.98 Å². The second kappa shape index (κ2) is 6.95. The van der Waals surface area contributed by atoms with Crippen LogP contribution in [0.25, 0.3) is 6.08 Å². The van der Waals surface area contributed by atoms with Crippen LogP contribution in [0.4, 0.5) is 5.82 Å². The highest BCUT2D eigenvalue weighted by molar-refractivity contribution is 5.58. The Kier molecular flexibility index (Phi) is 4.52. The van der Waals surface area contributed by atoms with E-state index in [4.69, 9.17) is 9.98 Å². The van der Waals surface area contributed by atoms with Gasteiger partial charge in [-0.15, -0.1) is 0 Å². The molecule has 2 heterocycles. The molecule has 0 N–H and O–H groups in total. The third-order valence-corrected chi connectivity index (χ3v) is 5.19. The van der Waals surface area contributed by atoms with Gasteiger partial charge in [0.25, 0.3) is 0 Å². The smallest absolute Gasteiger partial charge is 0.161 e. The summed E-state index contributed by atoms with van der Waals surface area (Å²) in [5.74, 6) is 2.38. The molecule has 1 aromatic heterocycles. The monoisotopic (exact) mass is 329 g/mol. The van der Waals surface area contributed by atoms with E-state index in [-0.39, 0.29) is 0 Å². The molecule has 2 heteroatoms. The van der Waals surface area contributed by atoms with Gasteiger partial charge in [-0.2, -0.15) is 0 Å². The van der Waals surface area contributed by atoms with Crippen molar-refractivity contribution in [1.82, 2.24) is 4.98 Å². The number of hydrogen-bond donors (Lipinski definition) is 0. The molecule has 0 spiro atoms. The van der Waals surface area contributed by atoms with Crippen LogP contribution in [-0.2, 0) is 0 Å². The number of benzene rings is 1. The number of hydrogen-bond acceptors (Lipinski definition) is 2. The molecular weight excluding hydrogens is 304 g/mol. The molecule has 1 aliphatic heterocycles. The van der Waals surface area contributed by atoms with Crippen molar-refractivity contribution in [1.29, 1.82) is 0 Å². The van der Waals surface area contributed by atoms with E-state index in [1.54, 1.807) is 0 Å². The van der Waals surface area contributed by atoms with Gasteiger partial charge in [-0.25, -0.2) is 9.98 Å². The SMILES string of the molecule is CCCC[C]1C(CCCC)=CC=c2nc3c(cc21)=c1ccccc1=N3. The number of unbranched alkanes of at least 4 members (excludes halogenated alkanes) is 2. The van der Waals surface area contributed by atoms with Gasteiger partial charge in [0.1, 0.15) is 0 Å². The number of aromatic nitrogens is 1. The van der Waals surface area contributed by atoms with Gasteiger partial charge in [-0.05, 0) is 43.0 Å². The van der Waals surface area contributed by atoms with Gasteiger partial charge in [0, 0.05) is 16.4 Å². The summed E-state index contributed by atoms with van der Waals surface area (Å²) < 4.78 is 0. The summed E-state index contributed by atoms with van der Waals surface area (Å²) in [4.78, 5) is 9.61. The van der Waals surface area contributed by atoms with Crippen LogP contribution in [0.1, 0.15) is 57.9 Å². The summed E-state index contributed by atoms with van der Waals surface area (Å²) in [5.41, 5.74) is 2.83. The maximum absolute atomic E-state index is 4.89. The van der Waals surface area contributed by atoms with Crippen molar-refractivity contribution in [3.05, 3.63) is 74.6 Å². The predicted molar refractivity (Wildman–Crippen MR) is 103 cm³/mol. The number of para-hydroxylation sites is 1. The summed E-state index contributed by atoms with van der Waals surface area (Å²) in [7, 11) is 0. The fourth-order valence-corrected chi connectivity index (χ4v) is 3.79. The molecule has 2 aromatic rings. The van der Waals surface area contributed by atoms with Gasteiger partial charge in [0.15, 0.2) is 5.82 Å². The lowest BCUT2D eigenvalue weighted by Gasteiger charge is -2.23. The van der Waals surface area contributed by atoms with E-state index in [1.807, 2.05) is 6.07 Å². The Labute approximate surface area is 149 Å². The van der Waals surface area contributed by atoms with Crippen LogP contribution < -0.4 is 10.7 Å². The Bertz CT molecular complexity index is 1030. The zero-order valence-corrected chi connectivity index (χ0v) is 15.2. The Hall–Kier alpha value is -2.22. The molecule has 127 valence electrons. The summed E-state index contributed by atoms with van der Waals surface area (Å²) in [6, 6.07) is 10.7. The molecule has 1 radical (unpaired) electrons. The van der Waals surface area contributed by atoms with Crippen LogP contribution in [0.15, 0.2) is 47.0 Å². The maximum atomic E-state index is 4.89. The molecule has 0 atom stereocenters. The van der Waals surface area contributed by atoms with Gasteiger partial charge < -0.3 is 0 Å². The Morgan fingerprint density at radius 1 is 0.880 bits per heavy atom. The van der Waals surface area contributed by atoms with E-state index < -0.39 is 0 Å². The molecule has 1 aliphatic carbocycles. The molecule has 0 amide bonds. The maximum Gasteiger partial charge on any atom is 0.161 e. The van der Waals surface area contributed by atoms with Crippen LogP contribution in [0.5, 0.6) is 0 Å². The quantitative estimate of drug-likeness (QED) is 0.646. The highest BCUT2D eigenvalue weighted by atomic mass is 14.9. The number of pyridine rings is 1. The second-order valence-electron chi connectivity index (χ2n) is 6.97. The lowest BCUT2D eigenvalue weighted by molar-refractivity contribution is 0.710. The molecule has 2 nitrogen and oxygen atoms in total. The first kappa shape index (κ1) is 16.3. The van der Waals surface area contributed by atoms with Gasteiger partial charge in [0.2, 0.25) is 0 Å². The van der Waals surface area contributed by atoms with Crippen molar-refractivity contribution >= 4 is 11.9 Å². The molecule has 4 rings (SSSR count). The van der Waals surface area contributed by atoms with Crippen molar-refractivity contribution < 1.29 is 0 Å². The first-order chi connectivity index (χ1) is 12.3. The van der Waals surface area contributed by atoms with E-state index in [0.29, 0.717) is 0 Å². The molecule has 2 aliphatic rings. The lowest BCUT2D eigenvalue weighted by Crippen LogP contribution is -2.22. The topological polar surface area (TPSA) is 25.2 Å². The summed E-state index contributed by atoms with van der Waals surface area (Å²) >= 11 is 0. The summed E-state index contributed by atoms with van der Waals surface area (Å²) in [6.07, 6.45) is 11.7. The summed E-state index contributed by atoms with van der Waals surface area (Å²) in [5, 5.41) is 4.53. The lowest BCUT2D eigenvalue weighted by atomic mass is 9.81. The third-order valence-electron chi connectivity index (χ3n) is 5.19. The highest BCUT2D eigenvalue weighted by Crippen LogP contribution is 2.33. The minimum Gasteiger partial charge on any atom is -0.228 e. The minimum atomic E-state index is 0.872. The molecule has 0 bridgehead atoms. The van der Waals surface area contributed by atoms with Crippen LogP contribution >= 0.6 is 0 Å². The number of nitrogens with zero attached hydrogens (tertiary/aromatic N) is 2. The largest absolute Gasteiger partial charge is 0.228 e. The van der Waals surface area contributed by atoms with Gasteiger partial charge >= 0.3 is 0 Å². The van der Waals surface area contributed by atoms with E-state index in [9.17, 15) is 0 Å². The summed E-state index contributed by atoms with van der Waals surface area (Å²) in [6.45, 7) is 4.53. The van der Waals surface area contributed by atoms with Crippen molar-refractivity contribution in [3.8, 4) is 0 Å². The van der Waals surface area contributed by atoms with Crippen molar-refractivity contribution in [3.63, 3.8) is 0 Å². The number of fused-ring (bicyclic) bond motifs is 3. The first-order valence-electron chi connectivity index (χ1n) is 9.58. The first-order valence-corrected chi connectivity index (χ1v) is 9.58. The Morgan fingerprint density at radius 2 is 1.68 bits per heavy atom. The minimum absolute atomic E-state index is 0.872. The van der Waals surface area contributed by atoms with Crippen molar-refractivity contribution in [2.45, 2.75) is 52.4 Å². The molecular formula is C23H25N2. The van der Waals surface area contributed by atoms with Gasteiger partial charge in [0.05, 0.1) is 10.7 Å². The van der Waals surface area contributed by atoms with E-state index in [0.717, 1.165) is 22.9 Å². The zero-order chi connectivity index (χ0) is 17.2. The molecule has 1 aromatic carbocycles. The Balaban J connectivity index is 1.87. The number of allylic oxidation sites excluding steroid dienone is 2. The standard InChI is InChI=1S/C23H25N2/c1-3-5-9-16-13-14-22-19(17(16)10-6-4-2)15-20-18-11-7-8-12-21(18)24-23(20)25-22/h7-8,11-15H,3-6,9-10H2,1-2H3. The zero-order valence-electron chi connectivity index (χ0n) is 15.2. The Morgan fingerprint density at radius 3 is 2.52 bits per heavy atom. The fourth-order valence-electron chi connectivity index (χ4n) is 3.79. The average Bonchev–Trinajstić information content (AvgIpc) is 3.00. The van der Waals surface area contributed by atoms with E-state index >= 15 is 0 Å². The third kappa shape index (κ3) is 2.95. The fraction of sp³-hybridized carbons (Fsp3) is 0.348. The molecule has 25 heavy (non-hydrogen) atoms. The number of rotatable bonds is 6. The van der Waals surface area contributed by atoms with Crippen molar-refractivity contribution in [2.75, 3.05) is 0 Å². The normalized spacial score (nSPS) is 14.9. The van der Waals surface area contributed by atoms with Crippen LogP contribution in [0, 0.1) is 16.4 Å². The molecule has 0 saturated carbocycles. The average molecular weight is 329 g/mol. The molecule has 0 unspecified atom stereocenters. The second-order valence-corrected chi connectivity index (χ2v) is 6.97. The van der Waals surface area contributed by atoms with Crippen LogP contribution in [0.2, 0.25) is 0 Å². The predicted octanol–water partition coefficient (Wildman–Crippen LogP) is 4.66. The van der Waals surface area contributed by atoms with Crippen molar-refractivity contribution in [2.24, 2.45) is 4.99 Å². The van der Waals surface area contributed by atoms with Crippen LogP contribution in [0.3, 0.4) is 0 Å². The molecule has 0 saturated heterocycles.